The molecular weight excluding hydrogens is 464 g/mol. The molecule has 0 saturated heterocycles. The van der Waals surface area contributed by atoms with Crippen molar-refractivity contribution in [2.75, 3.05) is 17.8 Å². The fourth-order valence-corrected chi connectivity index (χ4v) is 3.14. The highest BCUT2D eigenvalue weighted by molar-refractivity contribution is 9.10. The summed E-state index contributed by atoms with van der Waals surface area (Å²) in [5.41, 5.74) is 12.0. The number of ether oxygens (including phenoxy) is 2. The molecule has 2 aromatic carbocycles. The highest BCUT2D eigenvalue weighted by atomic mass is 79.9. The second-order valence-corrected chi connectivity index (χ2v) is 7.12. The summed E-state index contributed by atoms with van der Waals surface area (Å²) in [7, 11) is 0. The van der Waals surface area contributed by atoms with Crippen LogP contribution in [0.4, 0.5) is 11.5 Å². The molecule has 0 fully saturated rings. The largest absolute Gasteiger partial charge is 0.484 e. The van der Waals surface area contributed by atoms with E-state index in [0.717, 1.165) is 9.86 Å². The SMILES string of the molecule is Nc1c(NNC(=O)COc2ccccc2)ncnc1Oc1ccc(Br)c2cccnc12. The number of hydrogen-bond acceptors (Lipinski definition) is 8. The number of hydrogen-bond donors (Lipinski definition) is 3. The van der Waals surface area contributed by atoms with Crippen LogP contribution < -0.4 is 26.1 Å². The molecule has 0 bridgehead atoms. The van der Waals surface area contributed by atoms with Crippen LogP contribution in [0.3, 0.4) is 0 Å². The van der Waals surface area contributed by atoms with Crippen LogP contribution in [-0.2, 0) is 4.79 Å². The summed E-state index contributed by atoms with van der Waals surface area (Å²) < 4.78 is 12.2. The average Bonchev–Trinajstić information content (AvgIpc) is 2.81. The predicted octanol–water partition coefficient (Wildman–Crippen LogP) is 3.68. The molecule has 0 aliphatic rings. The van der Waals surface area contributed by atoms with E-state index in [1.807, 2.05) is 36.4 Å². The number of anilines is 2. The molecule has 2 heterocycles. The lowest BCUT2D eigenvalue weighted by atomic mass is 10.2. The van der Waals surface area contributed by atoms with E-state index in [1.54, 1.807) is 24.4 Å². The van der Waals surface area contributed by atoms with Gasteiger partial charge in [0.25, 0.3) is 5.91 Å². The van der Waals surface area contributed by atoms with Crippen molar-refractivity contribution in [1.82, 2.24) is 20.4 Å². The second-order valence-electron chi connectivity index (χ2n) is 6.26. The van der Waals surface area contributed by atoms with E-state index >= 15 is 0 Å². The molecular formula is C21H17BrN6O3. The predicted molar refractivity (Wildman–Crippen MR) is 120 cm³/mol. The van der Waals surface area contributed by atoms with Crippen LogP contribution in [0.25, 0.3) is 10.9 Å². The fourth-order valence-electron chi connectivity index (χ4n) is 2.69. The van der Waals surface area contributed by atoms with Crippen molar-refractivity contribution in [1.29, 1.82) is 0 Å². The molecule has 0 unspecified atom stereocenters. The molecule has 2 aromatic heterocycles. The third-order valence-corrected chi connectivity index (χ3v) is 4.86. The number of rotatable bonds is 7. The van der Waals surface area contributed by atoms with Crippen molar-refractivity contribution >= 4 is 44.2 Å². The monoisotopic (exact) mass is 480 g/mol. The van der Waals surface area contributed by atoms with E-state index in [0.29, 0.717) is 17.0 Å². The van der Waals surface area contributed by atoms with Gasteiger partial charge in [-0.3, -0.25) is 20.6 Å². The van der Waals surface area contributed by atoms with Crippen LogP contribution in [-0.4, -0.2) is 27.5 Å². The molecule has 0 spiro atoms. The molecule has 4 aromatic rings. The minimum absolute atomic E-state index is 0.124. The zero-order valence-electron chi connectivity index (χ0n) is 16.1. The van der Waals surface area contributed by atoms with Crippen molar-refractivity contribution in [2.45, 2.75) is 0 Å². The first-order valence-electron chi connectivity index (χ1n) is 9.16. The number of pyridine rings is 1. The molecule has 0 aliphatic heterocycles. The quantitative estimate of drug-likeness (QED) is 0.342. The van der Waals surface area contributed by atoms with Gasteiger partial charge in [0.1, 0.15) is 23.3 Å². The smallest absolute Gasteiger partial charge is 0.276 e. The topological polar surface area (TPSA) is 124 Å². The first-order valence-corrected chi connectivity index (χ1v) is 9.95. The molecule has 4 rings (SSSR count). The average molecular weight is 481 g/mol. The molecule has 0 saturated carbocycles. The van der Waals surface area contributed by atoms with E-state index in [2.05, 4.69) is 41.7 Å². The van der Waals surface area contributed by atoms with Crippen LogP contribution in [0, 0.1) is 0 Å². The molecule has 9 nitrogen and oxygen atoms in total. The van der Waals surface area contributed by atoms with E-state index in [4.69, 9.17) is 15.2 Å². The molecule has 4 N–H and O–H groups in total. The van der Waals surface area contributed by atoms with Gasteiger partial charge < -0.3 is 15.2 Å². The molecule has 156 valence electrons. The lowest BCUT2D eigenvalue weighted by molar-refractivity contribution is -0.122. The Labute approximate surface area is 185 Å². The van der Waals surface area contributed by atoms with E-state index in [9.17, 15) is 4.79 Å². The summed E-state index contributed by atoms with van der Waals surface area (Å²) in [4.78, 5) is 24.5. The number of nitrogens with two attached hydrogens (primary N) is 1. The number of benzene rings is 2. The maximum absolute atomic E-state index is 12.0. The maximum Gasteiger partial charge on any atom is 0.276 e. The third kappa shape index (κ3) is 4.81. The Bertz CT molecular complexity index is 1220. The number of carbonyl (C=O) groups excluding carboxylic acids is 1. The Morgan fingerprint density at radius 1 is 1.03 bits per heavy atom. The number of aromatic nitrogens is 3. The van der Waals surface area contributed by atoms with Gasteiger partial charge in [0.15, 0.2) is 18.2 Å². The number of para-hydroxylation sites is 1. The summed E-state index contributed by atoms with van der Waals surface area (Å²) >= 11 is 3.50. The number of nitrogens with zero attached hydrogens (tertiary/aromatic N) is 3. The summed E-state index contributed by atoms with van der Waals surface area (Å²) in [5, 5.41) is 0.886. The number of hydrazine groups is 1. The Morgan fingerprint density at radius 2 is 1.87 bits per heavy atom. The highest BCUT2D eigenvalue weighted by Crippen LogP contribution is 2.35. The Balaban J connectivity index is 1.44. The zero-order valence-corrected chi connectivity index (χ0v) is 17.7. The van der Waals surface area contributed by atoms with Crippen molar-refractivity contribution in [3.63, 3.8) is 0 Å². The van der Waals surface area contributed by atoms with E-state index in [1.165, 1.54) is 6.33 Å². The summed E-state index contributed by atoms with van der Waals surface area (Å²) in [5.74, 6) is 0.974. The number of amides is 1. The van der Waals surface area contributed by atoms with Crippen LogP contribution in [0.5, 0.6) is 17.4 Å². The van der Waals surface area contributed by atoms with Crippen LogP contribution in [0.2, 0.25) is 0 Å². The summed E-state index contributed by atoms with van der Waals surface area (Å²) in [6, 6.07) is 16.4. The van der Waals surface area contributed by atoms with Crippen LogP contribution >= 0.6 is 15.9 Å². The van der Waals surface area contributed by atoms with Gasteiger partial charge in [0.05, 0.1) is 0 Å². The lowest BCUT2D eigenvalue weighted by Crippen LogP contribution is -2.34. The third-order valence-electron chi connectivity index (χ3n) is 4.17. The maximum atomic E-state index is 12.0. The summed E-state index contributed by atoms with van der Waals surface area (Å²) in [6.07, 6.45) is 2.94. The van der Waals surface area contributed by atoms with Gasteiger partial charge in [-0.2, -0.15) is 4.98 Å². The Kier molecular flexibility index (Phi) is 6.08. The first kappa shape index (κ1) is 20.4. The molecule has 0 radical (unpaired) electrons. The van der Waals surface area contributed by atoms with E-state index < -0.39 is 5.91 Å². The minimum Gasteiger partial charge on any atom is -0.484 e. The molecule has 0 atom stereocenters. The number of nitrogen functional groups attached to an aromatic ring is 1. The van der Waals surface area contributed by atoms with Crippen molar-refractivity contribution in [3.8, 4) is 17.4 Å². The van der Waals surface area contributed by atoms with Gasteiger partial charge in [-0.25, -0.2) is 4.98 Å². The van der Waals surface area contributed by atoms with Crippen molar-refractivity contribution in [3.05, 3.63) is 71.6 Å². The van der Waals surface area contributed by atoms with E-state index in [-0.39, 0.29) is 24.0 Å². The standard InChI is InChI=1S/C21H17BrN6O3/c22-15-8-9-16(19-14(15)7-4-10-24-19)31-21-18(23)20(25-12-26-21)28-27-17(29)11-30-13-5-2-1-3-6-13/h1-10,12H,11,23H2,(H,27,29)(H,25,26,28). The molecule has 31 heavy (non-hydrogen) atoms. The van der Waals surface area contributed by atoms with Gasteiger partial charge >= 0.3 is 0 Å². The molecule has 0 aliphatic carbocycles. The normalized spacial score (nSPS) is 10.5. The minimum atomic E-state index is -0.410. The van der Waals surface area contributed by atoms with Gasteiger partial charge in [0.2, 0.25) is 5.88 Å². The number of halogens is 1. The van der Waals surface area contributed by atoms with Gasteiger partial charge in [-0.15, -0.1) is 0 Å². The molecule has 1 amide bonds. The highest BCUT2D eigenvalue weighted by Gasteiger charge is 2.14. The van der Waals surface area contributed by atoms with Crippen molar-refractivity contribution < 1.29 is 14.3 Å². The van der Waals surface area contributed by atoms with Gasteiger partial charge in [0, 0.05) is 16.1 Å². The Hall–Kier alpha value is -3.92. The van der Waals surface area contributed by atoms with Crippen LogP contribution in [0.15, 0.2) is 71.6 Å². The first-order chi connectivity index (χ1) is 15.1. The zero-order chi connectivity index (χ0) is 21.6. The fraction of sp³-hybridized carbons (Fsp3) is 0.0476. The molecule has 10 heteroatoms. The van der Waals surface area contributed by atoms with Crippen molar-refractivity contribution in [2.24, 2.45) is 0 Å². The van der Waals surface area contributed by atoms with Gasteiger partial charge in [-0.1, -0.05) is 40.2 Å². The lowest BCUT2D eigenvalue weighted by Gasteiger charge is -2.13. The number of nitrogens with one attached hydrogen (secondary N) is 2. The second kappa shape index (κ2) is 9.26. The number of carbonyl (C=O) groups is 1. The van der Waals surface area contributed by atoms with Crippen LogP contribution in [0.1, 0.15) is 0 Å². The number of fused-ring (bicyclic) bond motifs is 1. The summed E-state index contributed by atoms with van der Waals surface area (Å²) in [6.45, 7) is -0.179. The van der Waals surface area contributed by atoms with Gasteiger partial charge in [-0.05, 0) is 30.3 Å². The Morgan fingerprint density at radius 3 is 2.71 bits per heavy atom.